The molecule has 0 unspecified atom stereocenters. The SMILES string of the molecule is CCOc1ccc(Oc2cnc(C(=O)O)cn2)cc1. The molecule has 0 amide bonds. The van der Waals surface area contributed by atoms with Gasteiger partial charge in [-0.1, -0.05) is 0 Å². The highest BCUT2D eigenvalue weighted by molar-refractivity contribution is 5.84. The van der Waals surface area contributed by atoms with Crippen LogP contribution >= 0.6 is 0 Å². The first-order valence-electron chi connectivity index (χ1n) is 5.65. The third kappa shape index (κ3) is 3.41. The molecule has 0 aliphatic heterocycles. The highest BCUT2D eigenvalue weighted by Crippen LogP contribution is 2.21. The molecule has 0 aliphatic carbocycles. The summed E-state index contributed by atoms with van der Waals surface area (Å²) in [6.07, 6.45) is 2.41. The van der Waals surface area contributed by atoms with Crippen LogP contribution in [0.2, 0.25) is 0 Å². The Morgan fingerprint density at radius 3 is 2.37 bits per heavy atom. The van der Waals surface area contributed by atoms with Crippen LogP contribution in [0.25, 0.3) is 0 Å². The minimum atomic E-state index is -1.12. The van der Waals surface area contributed by atoms with Crippen molar-refractivity contribution in [2.75, 3.05) is 6.61 Å². The standard InChI is InChI=1S/C13H12N2O4/c1-2-18-9-3-5-10(6-4-9)19-12-8-14-11(7-15-12)13(16)17/h3-8H,2H2,1H3,(H,16,17). The number of carbonyl (C=O) groups is 1. The van der Waals surface area contributed by atoms with E-state index in [1.807, 2.05) is 6.92 Å². The number of aromatic carboxylic acids is 1. The molecule has 2 aromatic rings. The van der Waals surface area contributed by atoms with E-state index in [4.69, 9.17) is 14.6 Å². The molecule has 98 valence electrons. The van der Waals surface area contributed by atoms with Gasteiger partial charge in [0.25, 0.3) is 0 Å². The number of benzene rings is 1. The molecule has 0 aliphatic rings. The van der Waals surface area contributed by atoms with Crippen LogP contribution in [0.1, 0.15) is 17.4 Å². The van der Waals surface area contributed by atoms with E-state index in [1.165, 1.54) is 6.20 Å². The molecule has 0 bridgehead atoms. The van der Waals surface area contributed by atoms with E-state index in [0.717, 1.165) is 11.9 Å². The summed E-state index contributed by atoms with van der Waals surface area (Å²) in [5.41, 5.74) is -0.126. The van der Waals surface area contributed by atoms with Crippen LogP contribution in [0.5, 0.6) is 17.4 Å². The molecule has 1 N–H and O–H groups in total. The number of ether oxygens (including phenoxy) is 2. The van der Waals surface area contributed by atoms with Gasteiger partial charge in [-0.05, 0) is 31.2 Å². The maximum atomic E-state index is 10.6. The fourth-order valence-corrected chi connectivity index (χ4v) is 1.37. The molecule has 0 saturated carbocycles. The van der Waals surface area contributed by atoms with E-state index >= 15 is 0 Å². The van der Waals surface area contributed by atoms with Gasteiger partial charge in [0.1, 0.15) is 11.5 Å². The summed E-state index contributed by atoms with van der Waals surface area (Å²) in [4.78, 5) is 18.2. The van der Waals surface area contributed by atoms with E-state index in [1.54, 1.807) is 24.3 Å². The zero-order valence-corrected chi connectivity index (χ0v) is 10.2. The molecule has 0 radical (unpaired) electrons. The predicted molar refractivity (Wildman–Crippen MR) is 66.7 cm³/mol. The number of aromatic nitrogens is 2. The monoisotopic (exact) mass is 260 g/mol. The second-order valence-corrected chi connectivity index (χ2v) is 3.55. The zero-order chi connectivity index (χ0) is 13.7. The maximum absolute atomic E-state index is 10.6. The molecule has 19 heavy (non-hydrogen) atoms. The van der Waals surface area contributed by atoms with Crippen molar-refractivity contribution in [3.63, 3.8) is 0 Å². The molecule has 1 heterocycles. The molecular formula is C13H12N2O4. The van der Waals surface area contributed by atoms with E-state index in [0.29, 0.717) is 12.4 Å². The summed E-state index contributed by atoms with van der Waals surface area (Å²) >= 11 is 0. The van der Waals surface area contributed by atoms with Crippen LogP contribution in [0, 0.1) is 0 Å². The fourth-order valence-electron chi connectivity index (χ4n) is 1.37. The van der Waals surface area contributed by atoms with Gasteiger partial charge in [-0.15, -0.1) is 0 Å². The van der Waals surface area contributed by atoms with Crippen LogP contribution in [0.4, 0.5) is 0 Å². The summed E-state index contributed by atoms with van der Waals surface area (Å²) in [5, 5.41) is 8.69. The molecular weight excluding hydrogens is 248 g/mol. The lowest BCUT2D eigenvalue weighted by Gasteiger charge is -2.06. The number of nitrogens with zero attached hydrogens (tertiary/aromatic N) is 2. The summed E-state index contributed by atoms with van der Waals surface area (Å²) in [6.45, 7) is 2.51. The zero-order valence-electron chi connectivity index (χ0n) is 10.2. The molecule has 1 aromatic carbocycles. The lowest BCUT2D eigenvalue weighted by molar-refractivity contribution is 0.0690. The Bertz CT molecular complexity index is 552. The van der Waals surface area contributed by atoms with Gasteiger partial charge >= 0.3 is 5.97 Å². The third-order valence-electron chi connectivity index (χ3n) is 2.20. The third-order valence-corrected chi connectivity index (χ3v) is 2.20. The Labute approximate surface area is 109 Å². The van der Waals surface area contributed by atoms with Crippen molar-refractivity contribution in [1.29, 1.82) is 0 Å². The summed E-state index contributed by atoms with van der Waals surface area (Å²) in [6, 6.07) is 7.02. The second-order valence-electron chi connectivity index (χ2n) is 3.55. The van der Waals surface area contributed by atoms with Gasteiger partial charge in [0.05, 0.1) is 19.0 Å². The van der Waals surface area contributed by atoms with E-state index in [-0.39, 0.29) is 11.6 Å². The topological polar surface area (TPSA) is 81.5 Å². The maximum Gasteiger partial charge on any atom is 0.356 e. The van der Waals surface area contributed by atoms with Crippen LogP contribution in [-0.4, -0.2) is 27.7 Å². The summed E-state index contributed by atoms with van der Waals surface area (Å²) in [7, 11) is 0. The first-order chi connectivity index (χ1) is 9.19. The molecule has 2 rings (SSSR count). The quantitative estimate of drug-likeness (QED) is 0.888. The van der Waals surface area contributed by atoms with Gasteiger partial charge in [0, 0.05) is 0 Å². The largest absolute Gasteiger partial charge is 0.494 e. The molecule has 0 fully saturated rings. The average molecular weight is 260 g/mol. The van der Waals surface area contributed by atoms with Crippen LogP contribution in [-0.2, 0) is 0 Å². The summed E-state index contributed by atoms with van der Waals surface area (Å²) < 4.78 is 10.7. The minimum Gasteiger partial charge on any atom is -0.494 e. The Morgan fingerprint density at radius 1 is 1.16 bits per heavy atom. The molecule has 0 saturated heterocycles. The molecule has 1 aromatic heterocycles. The van der Waals surface area contributed by atoms with Crippen molar-refractivity contribution in [2.24, 2.45) is 0 Å². The van der Waals surface area contributed by atoms with Crippen molar-refractivity contribution in [3.8, 4) is 17.4 Å². The Morgan fingerprint density at radius 2 is 1.84 bits per heavy atom. The van der Waals surface area contributed by atoms with Crippen molar-refractivity contribution in [1.82, 2.24) is 9.97 Å². The Balaban J connectivity index is 2.06. The first-order valence-corrected chi connectivity index (χ1v) is 5.65. The number of hydrogen-bond donors (Lipinski definition) is 1. The normalized spacial score (nSPS) is 9.95. The van der Waals surface area contributed by atoms with Crippen molar-refractivity contribution < 1.29 is 19.4 Å². The average Bonchev–Trinajstić information content (AvgIpc) is 2.42. The summed E-state index contributed by atoms with van der Waals surface area (Å²) in [5.74, 6) is 0.428. The molecule has 6 heteroatoms. The molecule has 6 nitrogen and oxygen atoms in total. The second kappa shape index (κ2) is 5.81. The van der Waals surface area contributed by atoms with Gasteiger partial charge in [-0.3, -0.25) is 0 Å². The molecule has 0 spiro atoms. The van der Waals surface area contributed by atoms with Gasteiger partial charge < -0.3 is 14.6 Å². The minimum absolute atomic E-state index is 0.126. The lowest BCUT2D eigenvalue weighted by atomic mass is 10.3. The highest BCUT2D eigenvalue weighted by atomic mass is 16.5. The number of carboxylic acids is 1. The fraction of sp³-hybridized carbons (Fsp3) is 0.154. The predicted octanol–water partition coefficient (Wildman–Crippen LogP) is 2.37. The van der Waals surface area contributed by atoms with Crippen molar-refractivity contribution >= 4 is 5.97 Å². The van der Waals surface area contributed by atoms with Crippen LogP contribution in [0.15, 0.2) is 36.7 Å². The van der Waals surface area contributed by atoms with Crippen molar-refractivity contribution in [2.45, 2.75) is 6.92 Å². The number of carboxylic acid groups (broad SMARTS) is 1. The van der Waals surface area contributed by atoms with Gasteiger partial charge in [-0.25, -0.2) is 14.8 Å². The van der Waals surface area contributed by atoms with Crippen LogP contribution < -0.4 is 9.47 Å². The van der Waals surface area contributed by atoms with E-state index in [2.05, 4.69) is 9.97 Å². The molecule has 0 atom stereocenters. The smallest absolute Gasteiger partial charge is 0.356 e. The van der Waals surface area contributed by atoms with Gasteiger partial charge in [0.2, 0.25) is 5.88 Å². The Hall–Kier alpha value is -2.63. The highest BCUT2D eigenvalue weighted by Gasteiger charge is 2.06. The number of rotatable bonds is 5. The van der Waals surface area contributed by atoms with Gasteiger partial charge in [-0.2, -0.15) is 0 Å². The first kappa shape index (κ1) is 12.8. The lowest BCUT2D eigenvalue weighted by Crippen LogP contribution is -2.01. The van der Waals surface area contributed by atoms with E-state index in [9.17, 15) is 4.79 Å². The Kier molecular flexibility index (Phi) is 3.92. The van der Waals surface area contributed by atoms with Gasteiger partial charge in [0.15, 0.2) is 5.69 Å². The van der Waals surface area contributed by atoms with Crippen molar-refractivity contribution in [3.05, 3.63) is 42.4 Å². The number of hydrogen-bond acceptors (Lipinski definition) is 5. The van der Waals surface area contributed by atoms with Crippen LogP contribution in [0.3, 0.4) is 0 Å². The van der Waals surface area contributed by atoms with E-state index < -0.39 is 5.97 Å².